The van der Waals surface area contributed by atoms with E-state index in [-0.39, 0.29) is 6.42 Å². The van der Waals surface area contributed by atoms with Gasteiger partial charge in [-0.2, -0.15) is 17.6 Å². The molecule has 2 heterocycles. The number of pyridine rings is 2. The lowest BCUT2D eigenvalue weighted by molar-refractivity contribution is -0.253. The first-order chi connectivity index (χ1) is 18.7. The molecule has 0 saturated heterocycles. The number of halogens is 5. The summed E-state index contributed by atoms with van der Waals surface area (Å²) in [5.41, 5.74) is 1.43. The maximum absolute atomic E-state index is 13.8. The fraction of sp³-hybridized carbons (Fsp3) is 0.179. The third kappa shape index (κ3) is 7.02. The van der Waals surface area contributed by atoms with Crippen LogP contribution in [-0.4, -0.2) is 28.5 Å². The third-order valence-electron chi connectivity index (χ3n) is 5.81. The Morgan fingerprint density at radius 2 is 1.74 bits per heavy atom. The van der Waals surface area contributed by atoms with Gasteiger partial charge in [0, 0.05) is 23.2 Å². The van der Waals surface area contributed by atoms with Crippen LogP contribution in [0.15, 0.2) is 97.5 Å². The number of anilines is 1. The first kappa shape index (κ1) is 28.3. The molecule has 0 aliphatic heterocycles. The number of amides is 2. The summed E-state index contributed by atoms with van der Waals surface area (Å²) in [7, 11) is 0. The van der Waals surface area contributed by atoms with Crippen molar-refractivity contribution < 1.29 is 27.1 Å². The van der Waals surface area contributed by atoms with Crippen molar-refractivity contribution >= 4 is 34.3 Å². The zero-order valence-electron chi connectivity index (χ0n) is 20.3. The number of hydrogen-bond acceptors (Lipinski definition) is 4. The van der Waals surface area contributed by atoms with Gasteiger partial charge in [0.25, 0.3) is 0 Å². The van der Waals surface area contributed by atoms with Crippen molar-refractivity contribution in [3.05, 3.63) is 120 Å². The summed E-state index contributed by atoms with van der Waals surface area (Å²) in [5.74, 6) is -0.492. The predicted molar refractivity (Wildman–Crippen MR) is 147 cm³/mol. The molecule has 0 radical (unpaired) electrons. The first-order valence-corrected chi connectivity index (χ1v) is 13.2. The number of benzene rings is 2. The van der Waals surface area contributed by atoms with E-state index in [2.05, 4.69) is 47.9 Å². The lowest BCUT2D eigenvalue weighted by Crippen LogP contribution is -2.50. The molecule has 11 heteroatoms. The monoisotopic (exact) mass is 650 g/mol. The van der Waals surface area contributed by atoms with E-state index in [0.717, 1.165) is 17.2 Å². The van der Waals surface area contributed by atoms with Gasteiger partial charge in [0.1, 0.15) is 11.3 Å². The van der Waals surface area contributed by atoms with Crippen molar-refractivity contribution in [2.75, 3.05) is 5.32 Å². The molecule has 2 aromatic carbocycles. The van der Waals surface area contributed by atoms with Gasteiger partial charge in [0.2, 0.25) is 0 Å². The molecule has 4 aromatic rings. The Morgan fingerprint density at radius 1 is 0.949 bits per heavy atom. The number of urea groups is 1. The number of alkyl halides is 5. The number of ether oxygens (including phenoxy) is 1. The maximum Gasteiger partial charge on any atom is 0.461 e. The van der Waals surface area contributed by atoms with E-state index < -0.39 is 29.9 Å². The second-order valence-electron chi connectivity index (χ2n) is 8.57. The van der Waals surface area contributed by atoms with Crippen LogP contribution in [0.5, 0.6) is 5.75 Å². The highest BCUT2D eigenvalue weighted by molar-refractivity contribution is 14.1. The molecular weight excluding hydrogens is 627 g/mol. The van der Waals surface area contributed by atoms with Crippen LogP contribution in [0.2, 0.25) is 0 Å². The standard InChI is InChI=1S/C28H23F4IN4O2/c29-25(30)28(31,32)39-23-10-4-8-21(14-23)27(15-19-6-2-1-3-7-19,24-12-11-20(16-33)17-35-24)37-26(38)36-22-9-5-13-34-18-22/h1-14,17-18,25H,15-16H2,(H2,36,37,38)/t27-/m0/s1. The molecule has 0 unspecified atom stereocenters. The molecule has 0 saturated carbocycles. The van der Waals surface area contributed by atoms with Crippen LogP contribution >= 0.6 is 22.6 Å². The number of carbonyl (C=O) groups excluding carboxylic acids is 1. The molecule has 2 N–H and O–H groups in total. The second kappa shape index (κ2) is 12.4. The smallest absolute Gasteiger partial charge is 0.428 e. The van der Waals surface area contributed by atoms with Gasteiger partial charge in [0.05, 0.1) is 17.6 Å². The predicted octanol–water partition coefficient (Wildman–Crippen LogP) is 6.96. The largest absolute Gasteiger partial charge is 0.461 e. The number of carbonyl (C=O) groups is 1. The Labute approximate surface area is 236 Å². The number of nitrogens with zero attached hydrogens (tertiary/aromatic N) is 2. The number of hydrogen-bond donors (Lipinski definition) is 2. The molecule has 1 atom stereocenters. The van der Waals surface area contributed by atoms with Gasteiger partial charge in [-0.1, -0.05) is 71.1 Å². The van der Waals surface area contributed by atoms with E-state index in [1.165, 1.54) is 18.3 Å². The van der Waals surface area contributed by atoms with E-state index in [0.29, 0.717) is 21.4 Å². The fourth-order valence-electron chi connectivity index (χ4n) is 4.00. The van der Waals surface area contributed by atoms with Crippen molar-refractivity contribution in [3.63, 3.8) is 0 Å². The molecule has 2 amide bonds. The van der Waals surface area contributed by atoms with Crippen LogP contribution in [0.1, 0.15) is 22.4 Å². The van der Waals surface area contributed by atoms with Crippen LogP contribution in [0, 0.1) is 0 Å². The average molecular weight is 650 g/mol. The summed E-state index contributed by atoms with van der Waals surface area (Å²) in [5, 5.41) is 5.70. The van der Waals surface area contributed by atoms with Crippen LogP contribution in [-0.2, 0) is 16.4 Å². The van der Waals surface area contributed by atoms with Gasteiger partial charge in [-0.25, -0.2) is 4.79 Å². The van der Waals surface area contributed by atoms with Crippen LogP contribution in [0.3, 0.4) is 0 Å². The quantitative estimate of drug-likeness (QED) is 0.111. The van der Waals surface area contributed by atoms with Crippen LogP contribution in [0.25, 0.3) is 0 Å². The molecule has 2 aromatic heterocycles. The van der Waals surface area contributed by atoms with Crippen LogP contribution < -0.4 is 15.4 Å². The minimum absolute atomic E-state index is 0.152. The van der Waals surface area contributed by atoms with E-state index in [4.69, 9.17) is 0 Å². The summed E-state index contributed by atoms with van der Waals surface area (Å²) in [6.45, 7) is 0. The number of aromatic nitrogens is 2. The Balaban J connectivity index is 1.85. The molecule has 0 aliphatic carbocycles. The molecule has 4 rings (SSSR count). The van der Waals surface area contributed by atoms with Crippen molar-refractivity contribution in [2.24, 2.45) is 0 Å². The Bertz CT molecular complexity index is 1380. The minimum Gasteiger partial charge on any atom is -0.428 e. The summed E-state index contributed by atoms with van der Waals surface area (Å²) < 4.78 is 58.4. The SMILES string of the molecule is O=C(Nc1cccnc1)N[C@@](Cc1ccccc1)(c1cccc(OC(F)(F)C(F)F)c1)c1ccc(CI)cn1. The van der Waals surface area contributed by atoms with E-state index in [1.807, 2.05) is 36.4 Å². The molecule has 0 fully saturated rings. The van der Waals surface area contributed by atoms with E-state index in [1.54, 1.807) is 36.7 Å². The normalized spacial score (nSPS) is 13.0. The van der Waals surface area contributed by atoms with Crippen LogP contribution in [0.4, 0.5) is 28.0 Å². The highest BCUT2D eigenvalue weighted by atomic mass is 127. The van der Waals surface area contributed by atoms with Gasteiger partial charge >= 0.3 is 18.6 Å². The maximum atomic E-state index is 13.8. The van der Waals surface area contributed by atoms with Gasteiger partial charge < -0.3 is 15.4 Å². The highest BCUT2D eigenvalue weighted by Crippen LogP contribution is 2.36. The van der Waals surface area contributed by atoms with Gasteiger partial charge in [-0.15, -0.1) is 0 Å². The highest BCUT2D eigenvalue weighted by Gasteiger charge is 2.44. The summed E-state index contributed by atoms with van der Waals surface area (Å²) >= 11 is 2.20. The minimum atomic E-state index is -4.70. The fourth-order valence-corrected chi connectivity index (χ4v) is 4.45. The number of rotatable bonds is 10. The van der Waals surface area contributed by atoms with E-state index >= 15 is 0 Å². The Morgan fingerprint density at radius 3 is 2.38 bits per heavy atom. The third-order valence-corrected chi connectivity index (χ3v) is 6.69. The van der Waals surface area contributed by atoms with Gasteiger partial charge in [-0.3, -0.25) is 9.97 Å². The molecular formula is C28H23F4IN4O2. The molecule has 6 nitrogen and oxygen atoms in total. The molecule has 39 heavy (non-hydrogen) atoms. The Hall–Kier alpha value is -3.74. The average Bonchev–Trinajstić information content (AvgIpc) is 2.93. The van der Waals surface area contributed by atoms with Crippen molar-refractivity contribution in [1.29, 1.82) is 0 Å². The van der Waals surface area contributed by atoms with Crippen molar-refractivity contribution in [2.45, 2.75) is 28.9 Å². The lowest BCUT2D eigenvalue weighted by Gasteiger charge is -2.36. The number of nitrogens with one attached hydrogen (secondary N) is 2. The van der Waals surface area contributed by atoms with Gasteiger partial charge in [-0.05, 0) is 47.0 Å². The molecule has 0 aliphatic rings. The molecule has 202 valence electrons. The molecule has 0 bridgehead atoms. The van der Waals surface area contributed by atoms with Crippen molar-refractivity contribution in [1.82, 2.24) is 15.3 Å². The summed E-state index contributed by atoms with van der Waals surface area (Å²) in [6, 6.07) is 20.8. The lowest BCUT2D eigenvalue weighted by atomic mass is 9.80. The zero-order valence-corrected chi connectivity index (χ0v) is 22.5. The Kier molecular flexibility index (Phi) is 9.00. The summed E-state index contributed by atoms with van der Waals surface area (Å²) in [4.78, 5) is 22.0. The second-order valence-corrected chi connectivity index (χ2v) is 9.33. The first-order valence-electron chi connectivity index (χ1n) is 11.7. The van der Waals surface area contributed by atoms with Gasteiger partial charge in [0.15, 0.2) is 0 Å². The molecule has 0 spiro atoms. The summed E-state index contributed by atoms with van der Waals surface area (Å²) in [6.07, 6.45) is -3.89. The van der Waals surface area contributed by atoms with Crippen molar-refractivity contribution in [3.8, 4) is 5.75 Å². The zero-order chi connectivity index (χ0) is 27.9. The topological polar surface area (TPSA) is 76.1 Å². The van der Waals surface area contributed by atoms with E-state index in [9.17, 15) is 22.4 Å².